The Labute approximate surface area is 70.1 Å². The predicted octanol–water partition coefficient (Wildman–Crippen LogP) is 0.852. The van der Waals surface area contributed by atoms with E-state index in [1.165, 1.54) is 0 Å². The number of hydrogen-bond donors (Lipinski definition) is 2. The number of carbonyl (C=O) groups is 1. The molecule has 0 saturated carbocycles. The first-order chi connectivity index (χ1) is 4.89. The van der Waals surface area contributed by atoms with Gasteiger partial charge in [-0.25, -0.2) is 13.6 Å². The van der Waals surface area contributed by atoms with Crippen molar-refractivity contribution < 1.29 is 23.8 Å². The highest BCUT2D eigenvalue weighted by molar-refractivity contribution is 9.09. The molecule has 0 aromatic rings. The largest absolute Gasteiger partial charge is 0.479 e. The number of halogens is 3. The first-order valence-corrected chi connectivity index (χ1v) is 3.86. The lowest BCUT2D eigenvalue weighted by Gasteiger charge is -2.14. The summed E-state index contributed by atoms with van der Waals surface area (Å²) < 4.78 is 24.6. The van der Waals surface area contributed by atoms with E-state index in [1.807, 2.05) is 0 Å². The quantitative estimate of drug-likeness (QED) is 0.707. The van der Waals surface area contributed by atoms with Gasteiger partial charge < -0.3 is 10.2 Å². The standard InChI is InChI=1S/C5H7BrF2O3/c6-2-5(7,8)1-3(9)4(10)11/h3,9H,1-2H2,(H,10,11). The van der Waals surface area contributed by atoms with Gasteiger partial charge in [-0.1, -0.05) is 15.9 Å². The first-order valence-electron chi connectivity index (χ1n) is 2.74. The molecule has 66 valence electrons. The minimum Gasteiger partial charge on any atom is -0.479 e. The lowest BCUT2D eigenvalue weighted by molar-refractivity contribution is -0.151. The summed E-state index contributed by atoms with van der Waals surface area (Å²) in [4.78, 5) is 9.89. The second-order valence-corrected chi connectivity index (χ2v) is 2.61. The van der Waals surface area contributed by atoms with Crippen LogP contribution in [0.1, 0.15) is 6.42 Å². The van der Waals surface area contributed by atoms with E-state index in [4.69, 9.17) is 10.2 Å². The molecule has 2 N–H and O–H groups in total. The maximum atomic E-state index is 12.3. The third-order valence-electron chi connectivity index (χ3n) is 0.973. The van der Waals surface area contributed by atoms with Crippen molar-refractivity contribution in [2.24, 2.45) is 0 Å². The molecule has 0 bridgehead atoms. The molecule has 0 aliphatic rings. The van der Waals surface area contributed by atoms with Crippen LogP contribution in [0.5, 0.6) is 0 Å². The van der Waals surface area contributed by atoms with Gasteiger partial charge in [0.2, 0.25) is 0 Å². The number of rotatable bonds is 4. The average molecular weight is 233 g/mol. The molecule has 0 heterocycles. The summed E-state index contributed by atoms with van der Waals surface area (Å²) in [6.45, 7) is 0. The Bertz CT molecular complexity index is 151. The Kier molecular flexibility index (Phi) is 3.88. The Morgan fingerprint density at radius 2 is 2.09 bits per heavy atom. The summed E-state index contributed by atoms with van der Waals surface area (Å²) >= 11 is 2.49. The van der Waals surface area contributed by atoms with Gasteiger partial charge in [-0.2, -0.15) is 0 Å². The second-order valence-electron chi connectivity index (χ2n) is 2.05. The molecule has 0 aliphatic heterocycles. The van der Waals surface area contributed by atoms with Gasteiger partial charge in [0, 0.05) is 6.42 Å². The molecule has 0 aromatic carbocycles. The molecule has 0 aromatic heterocycles. The highest BCUT2D eigenvalue weighted by atomic mass is 79.9. The predicted molar refractivity (Wildman–Crippen MR) is 37.0 cm³/mol. The van der Waals surface area contributed by atoms with Crippen LogP contribution in [0.15, 0.2) is 0 Å². The minimum absolute atomic E-state index is 0.648. The summed E-state index contributed by atoms with van der Waals surface area (Å²) in [6.07, 6.45) is -3.06. The molecule has 0 saturated heterocycles. The van der Waals surface area contributed by atoms with Gasteiger partial charge in [-0.3, -0.25) is 0 Å². The molecule has 0 aliphatic carbocycles. The number of aliphatic hydroxyl groups excluding tert-OH is 1. The van der Waals surface area contributed by atoms with Gasteiger partial charge in [-0.05, 0) is 0 Å². The smallest absolute Gasteiger partial charge is 0.332 e. The summed E-state index contributed by atoms with van der Waals surface area (Å²) in [5.74, 6) is -4.80. The van der Waals surface area contributed by atoms with Crippen LogP contribution in [0.4, 0.5) is 8.78 Å². The topological polar surface area (TPSA) is 57.5 Å². The number of aliphatic carboxylic acids is 1. The third-order valence-corrected chi connectivity index (χ3v) is 1.79. The van der Waals surface area contributed by atoms with E-state index in [-0.39, 0.29) is 0 Å². The SMILES string of the molecule is O=C(O)C(O)CC(F)(F)CBr. The van der Waals surface area contributed by atoms with Crippen LogP contribution in [0.25, 0.3) is 0 Å². The van der Waals surface area contributed by atoms with Crippen molar-refractivity contribution >= 4 is 21.9 Å². The van der Waals surface area contributed by atoms with E-state index in [0.717, 1.165) is 0 Å². The van der Waals surface area contributed by atoms with E-state index < -0.39 is 29.7 Å². The zero-order valence-electron chi connectivity index (χ0n) is 5.43. The molecule has 1 atom stereocenters. The molecule has 0 radical (unpaired) electrons. The molecule has 11 heavy (non-hydrogen) atoms. The monoisotopic (exact) mass is 232 g/mol. The molecule has 1 unspecified atom stereocenters. The molecule has 0 spiro atoms. The van der Waals surface area contributed by atoms with Gasteiger partial charge in [0.1, 0.15) is 0 Å². The van der Waals surface area contributed by atoms with Crippen LogP contribution >= 0.6 is 15.9 Å². The number of aliphatic hydroxyl groups is 1. The van der Waals surface area contributed by atoms with E-state index >= 15 is 0 Å². The molecular weight excluding hydrogens is 226 g/mol. The van der Waals surface area contributed by atoms with Crippen molar-refractivity contribution in [3.8, 4) is 0 Å². The Balaban J connectivity index is 3.93. The van der Waals surface area contributed by atoms with Crippen molar-refractivity contribution in [2.45, 2.75) is 18.4 Å². The first kappa shape index (κ1) is 10.8. The van der Waals surface area contributed by atoms with Crippen LogP contribution in [0, 0.1) is 0 Å². The van der Waals surface area contributed by atoms with Crippen molar-refractivity contribution in [3.05, 3.63) is 0 Å². The third kappa shape index (κ3) is 4.26. The van der Waals surface area contributed by atoms with Gasteiger partial charge in [-0.15, -0.1) is 0 Å². The minimum atomic E-state index is -3.17. The van der Waals surface area contributed by atoms with E-state index in [0.29, 0.717) is 0 Å². The summed E-state index contributed by atoms with van der Waals surface area (Å²) in [5.41, 5.74) is 0. The van der Waals surface area contributed by atoms with Crippen LogP contribution in [-0.4, -0.2) is 33.5 Å². The summed E-state index contributed by atoms with van der Waals surface area (Å²) in [7, 11) is 0. The average Bonchev–Trinajstić information content (AvgIpc) is 1.87. The van der Waals surface area contributed by atoms with Gasteiger partial charge >= 0.3 is 5.97 Å². The lowest BCUT2D eigenvalue weighted by Crippen LogP contribution is -2.30. The van der Waals surface area contributed by atoms with Crippen LogP contribution in [-0.2, 0) is 4.79 Å². The number of hydrogen-bond acceptors (Lipinski definition) is 2. The molecule has 0 rings (SSSR count). The van der Waals surface area contributed by atoms with E-state index in [9.17, 15) is 13.6 Å². The van der Waals surface area contributed by atoms with Crippen LogP contribution in [0.3, 0.4) is 0 Å². The fourth-order valence-corrected chi connectivity index (χ4v) is 0.654. The summed E-state index contributed by atoms with van der Waals surface area (Å²) in [6, 6.07) is 0. The van der Waals surface area contributed by atoms with Crippen molar-refractivity contribution in [2.75, 3.05) is 5.33 Å². The van der Waals surface area contributed by atoms with Crippen LogP contribution < -0.4 is 0 Å². The molecule has 0 fully saturated rings. The van der Waals surface area contributed by atoms with E-state index in [1.54, 1.807) is 0 Å². The van der Waals surface area contributed by atoms with Gasteiger partial charge in [0.05, 0.1) is 5.33 Å². The van der Waals surface area contributed by atoms with Crippen molar-refractivity contribution in [1.29, 1.82) is 0 Å². The Hall–Kier alpha value is -0.230. The van der Waals surface area contributed by atoms with Gasteiger partial charge in [0.15, 0.2) is 6.10 Å². The van der Waals surface area contributed by atoms with Crippen LogP contribution in [0.2, 0.25) is 0 Å². The highest BCUT2D eigenvalue weighted by Gasteiger charge is 2.33. The van der Waals surface area contributed by atoms with E-state index in [2.05, 4.69) is 15.9 Å². The van der Waals surface area contributed by atoms with Crippen molar-refractivity contribution in [1.82, 2.24) is 0 Å². The zero-order valence-corrected chi connectivity index (χ0v) is 7.01. The number of carboxylic acids is 1. The fraction of sp³-hybridized carbons (Fsp3) is 0.800. The second kappa shape index (κ2) is 3.96. The molecule has 3 nitrogen and oxygen atoms in total. The fourth-order valence-electron chi connectivity index (χ4n) is 0.425. The maximum absolute atomic E-state index is 12.3. The Morgan fingerprint density at radius 1 is 1.64 bits per heavy atom. The number of alkyl halides is 3. The lowest BCUT2D eigenvalue weighted by atomic mass is 10.2. The molecule has 0 amide bonds. The normalized spacial score (nSPS) is 14.5. The van der Waals surface area contributed by atoms with Gasteiger partial charge in [0.25, 0.3) is 5.92 Å². The molecule has 6 heteroatoms. The molecular formula is C5H7BrF2O3. The Morgan fingerprint density at radius 3 is 2.36 bits per heavy atom. The summed E-state index contributed by atoms with van der Waals surface area (Å²) in [5, 5.41) is 15.9. The maximum Gasteiger partial charge on any atom is 0.332 e. The number of carboxylic acid groups (broad SMARTS) is 1. The van der Waals surface area contributed by atoms with Crippen molar-refractivity contribution in [3.63, 3.8) is 0 Å². The zero-order chi connectivity index (χ0) is 9.07. The highest BCUT2D eigenvalue weighted by Crippen LogP contribution is 2.22.